The maximum atomic E-state index is 4.59. The summed E-state index contributed by atoms with van der Waals surface area (Å²) in [5.74, 6) is 0. The molecule has 2 aromatic rings. The van der Waals surface area contributed by atoms with Crippen molar-refractivity contribution in [2.45, 2.75) is 25.0 Å². The Labute approximate surface area is 137 Å². The number of hydrogen-bond acceptors (Lipinski definition) is 3. The van der Waals surface area contributed by atoms with Gasteiger partial charge in [0.1, 0.15) is 0 Å². The van der Waals surface area contributed by atoms with Gasteiger partial charge in [0.15, 0.2) is 0 Å². The Kier molecular flexibility index (Phi) is 3.60. The standard InChI is InChI=1S/C20H21N3/c1-15-10-11-18-17(12-15)20(13-21-18)14-22-19(23-20)9-5-8-16-6-3-2-4-7-16/h2-8,10-13,19,22-23H,9,14H2,1H3/b8-5+/t19-,20?/m1/s1. The third-order valence-corrected chi connectivity index (χ3v) is 4.60. The van der Waals surface area contributed by atoms with Crippen molar-refractivity contribution in [1.82, 2.24) is 10.6 Å². The maximum absolute atomic E-state index is 4.59. The van der Waals surface area contributed by atoms with Gasteiger partial charge < -0.3 is 0 Å². The van der Waals surface area contributed by atoms with Crippen molar-refractivity contribution in [3.8, 4) is 0 Å². The molecule has 0 aliphatic carbocycles. The normalized spacial score (nSPS) is 25.5. The van der Waals surface area contributed by atoms with Crippen molar-refractivity contribution in [1.29, 1.82) is 0 Å². The van der Waals surface area contributed by atoms with E-state index in [9.17, 15) is 0 Å². The third kappa shape index (κ3) is 2.74. The van der Waals surface area contributed by atoms with Crippen LogP contribution in [0.15, 0.2) is 59.6 Å². The summed E-state index contributed by atoms with van der Waals surface area (Å²) >= 11 is 0. The molecule has 2 atom stereocenters. The lowest BCUT2D eigenvalue weighted by atomic mass is 9.92. The average Bonchev–Trinajstić information content (AvgIpc) is 3.14. The molecule has 2 N–H and O–H groups in total. The lowest BCUT2D eigenvalue weighted by Gasteiger charge is -2.22. The van der Waals surface area contributed by atoms with Crippen molar-refractivity contribution in [2.75, 3.05) is 6.54 Å². The number of nitrogens with zero attached hydrogens (tertiary/aromatic N) is 1. The molecule has 3 nitrogen and oxygen atoms in total. The van der Waals surface area contributed by atoms with E-state index in [1.54, 1.807) is 0 Å². The first-order chi connectivity index (χ1) is 11.3. The molecule has 23 heavy (non-hydrogen) atoms. The average molecular weight is 303 g/mol. The van der Waals surface area contributed by atoms with Gasteiger partial charge >= 0.3 is 0 Å². The van der Waals surface area contributed by atoms with Crippen LogP contribution in [0.2, 0.25) is 0 Å². The van der Waals surface area contributed by atoms with Gasteiger partial charge in [-0.3, -0.25) is 15.6 Å². The number of hydrogen-bond donors (Lipinski definition) is 2. The molecule has 1 saturated heterocycles. The topological polar surface area (TPSA) is 36.4 Å². The highest BCUT2D eigenvalue weighted by atomic mass is 15.3. The Bertz CT molecular complexity index is 764. The fourth-order valence-electron chi connectivity index (χ4n) is 3.37. The van der Waals surface area contributed by atoms with Gasteiger partial charge in [-0.2, -0.15) is 0 Å². The van der Waals surface area contributed by atoms with Crippen LogP contribution < -0.4 is 10.6 Å². The van der Waals surface area contributed by atoms with Crippen molar-refractivity contribution in [3.05, 3.63) is 71.3 Å². The number of rotatable bonds is 3. The smallest absolute Gasteiger partial charge is 0.0953 e. The Balaban J connectivity index is 1.46. The molecule has 0 radical (unpaired) electrons. The number of nitrogens with one attached hydrogen (secondary N) is 2. The molecule has 1 spiro atoms. The van der Waals surface area contributed by atoms with Crippen molar-refractivity contribution in [2.24, 2.45) is 4.99 Å². The Morgan fingerprint density at radius 1 is 1.22 bits per heavy atom. The van der Waals surface area contributed by atoms with Crippen LogP contribution in [-0.2, 0) is 5.54 Å². The summed E-state index contributed by atoms with van der Waals surface area (Å²) in [5, 5.41) is 7.31. The minimum absolute atomic E-state index is 0.146. The number of fused-ring (bicyclic) bond motifs is 2. The SMILES string of the molecule is Cc1ccc2c(c1)C1(C=N2)CN[C@@H](C/C=C/c2ccccc2)N1. The van der Waals surface area contributed by atoms with Gasteiger partial charge in [0, 0.05) is 18.3 Å². The Morgan fingerprint density at radius 2 is 2.09 bits per heavy atom. The predicted molar refractivity (Wildman–Crippen MR) is 96.0 cm³/mol. The van der Waals surface area contributed by atoms with E-state index in [0.29, 0.717) is 0 Å². The molecule has 1 unspecified atom stereocenters. The second-order valence-electron chi connectivity index (χ2n) is 6.38. The van der Waals surface area contributed by atoms with Crippen LogP contribution in [0, 0.1) is 6.92 Å². The molecular formula is C20H21N3. The van der Waals surface area contributed by atoms with Gasteiger partial charge in [0.25, 0.3) is 0 Å². The summed E-state index contributed by atoms with van der Waals surface area (Å²) in [7, 11) is 0. The molecule has 2 aliphatic heterocycles. The molecule has 0 amide bonds. The minimum atomic E-state index is -0.146. The fraction of sp³-hybridized carbons (Fsp3) is 0.250. The first kappa shape index (κ1) is 14.4. The van der Waals surface area contributed by atoms with Crippen LogP contribution in [-0.4, -0.2) is 18.9 Å². The van der Waals surface area contributed by atoms with Crippen LogP contribution in [0.25, 0.3) is 6.08 Å². The van der Waals surface area contributed by atoms with Gasteiger partial charge in [-0.15, -0.1) is 0 Å². The van der Waals surface area contributed by atoms with E-state index >= 15 is 0 Å². The van der Waals surface area contributed by atoms with Crippen molar-refractivity contribution in [3.63, 3.8) is 0 Å². The molecular weight excluding hydrogens is 282 g/mol. The minimum Gasteiger partial charge on any atom is -0.299 e. The zero-order valence-electron chi connectivity index (χ0n) is 13.3. The second kappa shape index (κ2) is 5.76. The lowest BCUT2D eigenvalue weighted by molar-refractivity contribution is 0.500. The zero-order valence-corrected chi connectivity index (χ0v) is 13.3. The van der Waals surface area contributed by atoms with Gasteiger partial charge in [-0.05, 0) is 25.0 Å². The predicted octanol–water partition coefficient (Wildman–Crippen LogP) is 3.53. The summed E-state index contributed by atoms with van der Waals surface area (Å²) in [5.41, 5.74) is 4.75. The summed E-state index contributed by atoms with van der Waals surface area (Å²) in [6.07, 6.45) is 7.68. The first-order valence-electron chi connectivity index (χ1n) is 8.14. The highest BCUT2D eigenvalue weighted by Gasteiger charge is 2.42. The van der Waals surface area contributed by atoms with E-state index in [1.165, 1.54) is 16.7 Å². The highest BCUT2D eigenvalue weighted by molar-refractivity contribution is 5.85. The summed E-state index contributed by atoms with van der Waals surface area (Å²) < 4.78 is 0. The molecule has 1 fully saturated rings. The summed E-state index contributed by atoms with van der Waals surface area (Å²) in [4.78, 5) is 4.59. The van der Waals surface area contributed by atoms with Crippen LogP contribution >= 0.6 is 0 Å². The number of aryl methyl sites for hydroxylation is 1. The van der Waals surface area contributed by atoms with E-state index in [1.807, 2.05) is 6.07 Å². The monoisotopic (exact) mass is 303 g/mol. The van der Waals surface area contributed by atoms with Crippen LogP contribution in [0.1, 0.15) is 23.1 Å². The quantitative estimate of drug-likeness (QED) is 0.910. The van der Waals surface area contributed by atoms with E-state index in [2.05, 4.69) is 83.4 Å². The lowest BCUT2D eigenvalue weighted by Crippen LogP contribution is -2.42. The molecule has 0 saturated carbocycles. The highest BCUT2D eigenvalue weighted by Crippen LogP contribution is 2.37. The van der Waals surface area contributed by atoms with E-state index in [4.69, 9.17) is 0 Å². The number of aliphatic imine (C=N–C) groups is 1. The van der Waals surface area contributed by atoms with Gasteiger partial charge in [0.05, 0.1) is 17.4 Å². The molecule has 2 aliphatic rings. The van der Waals surface area contributed by atoms with Gasteiger partial charge in [0.2, 0.25) is 0 Å². The molecule has 116 valence electrons. The van der Waals surface area contributed by atoms with Crippen LogP contribution in [0.4, 0.5) is 5.69 Å². The molecule has 2 heterocycles. The van der Waals surface area contributed by atoms with Crippen LogP contribution in [0.3, 0.4) is 0 Å². The Hall–Kier alpha value is -2.23. The fourth-order valence-corrected chi connectivity index (χ4v) is 3.37. The molecule has 0 aromatic heterocycles. The third-order valence-electron chi connectivity index (χ3n) is 4.60. The molecule has 3 heteroatoms. The number of benzene rings is 2. The van der Waals surface area contributed by atoms with E-state index in [0.717, 1.165) is 18.7 Å². The van der Waals surface area contributed by atoms with Crippen LogP contribution in [0.5, 0.6) is 0 Å². The molecule has 0 bridgehead atoms. The van der Waals surface area contributed by atoms with Crippen molar-refractivity contribution >= 4 is 18.0 Å². The van der Waals surface area contributed by atoms with E-state index in [-0.39, 0.29) is 11.7 Å². The summed E-state index contributed by atoms with van der Waals surface area (Å²) in [6.45, 7) is 3.02. The largest absolute Gasteiger partial charge is 0.299 e. The maximum Gasteiger partial charge on any atom is 0.0953 e. The first-order valence-corrected chi connectivity index (χ1v) is 8.14. The second-order valence-corrected chi connectivity index (χ2v) is 6.38. The zero-order chi connectivity index (χ0) is 15.7. The van der Waals surface area contributed by atoms with Gasteiger partial charge in [-0.1, -0.05) is 60.2 Å². The van der Waals surface area contributed by atoms with Crippen molar-refractivity contribution < 1.29 is 0 Å². The van der Waals surface area contributed by atoms with E-state index < -0.39 is 0 Å². The summed E-state index contributed by atoms with van der Waals surface area (Å²) in [6, 6.07) is 16.9. The van der Waals surface area contributed by atoms with Gasteiger partial charge in [-0.25, -0.2) is 0 Å². The molecule has 2 aromatic carbocycles. The Morgan fingerprint density at radius 3 is 2.96 bits per heavy atom. The molecule has 4 rings (SSSR count).